The number of pyridine rings is 1. The van der Waals surface area contributed by atoms with Gasteiger partial charge in [0, 0.05) is 50.2 Å². The normalized spacial score (nSPS) is 29.1. The van der Waals surface area contributed by atoms with Gasteiger partial charge in [-0.15, -0.1) is 0 Å². The minimum absolute atomic E-state index is 0.00183. The van der Waals surface area contributed by atoms with Gasteiger partial charge in [0.2, 0.25) is 5.91 Å². The first-order valence-electron chi connectivity index (χ1n) is 13.3. The predicted octanol–water partition coefficient (Wildman–Crippen LogP) is -0.0599. The molecule has 3 aliphatic rings. The molecule has 41 heavy (non-hydrogen) atoms. The molecule has 0 bridgehead atoms. The fourth-order valence-electron chi connectivity index (χ4n) is 6.90. The molecule has 2 unspecified atom stereocenters. The maximum Gasteiger partial charge on any atom is 0.235 e. The van der Waals surface area contributed by atoms with Crippen molar-refractivity contribution in [1.82, 2.24) is 9.88 Å². The molecule has 5 rings (SSSR count). The third-order valence-electron chi connectivity index (χ3n) is 8.74. The third-order valence-corrected chi connectivity index (χ3v) is 8.74. The second kappa shape index (κ2) is 10.0. The number of phenolic OH excluding ortho intramolecular Hbond substituents is 1. The average molecular weight is 564 g/mol. The zero-order chi connectivity index (χ0) is 30.0. The van der Waals surface area contributed by atoms with Crippen LogP contribution in [-0.2, 0) is 32.1 Å². The number of amides is 1. The van der Waals surface area contributed by atoms with E-state index < -0.39 is 64.4 Å². The van der Waals surface area contributed by atoms with Crippen molar-refractivity contribution in [3.05, 3.63) is 47.3 Å². The van der Waals surface area contributed by atoms with Gasteiger partial charge in [0.25, 0.3) is 0 Å². The average Bonchev–Trinajstić information content (AvgIpc) is 2.90. The van der Waals surface area contributed by atoms with Crippen LogP contribution in [0.25, 0.3) is 0 Å². The predicted molar refractivity (Wildman–Crippen MR) is 147 cm³/mol. The fourth-order valence-corrected chi connectivity index (χ4v) is 6.90. The van der Waals surface area contributed by atoms with Crippen LogP contribution < -0.4 is 16.0 Å². The van der Waals surface area contributed by atoms with E-state index in [2.05, 4.69) is 10.3 Å². The topological polar surface area (TPSA) is 183 Å². The number of aliphatic hydroxyl groups is 1. The molecule has 0 aliphatic heterocycles. The van der Waals surface area contributed by atoms with Gasteiger partial charge in [0.1, 0.15) is 5.75 Å². The highest BCUT2D eigenvalue weighted by atomic mass is 16.3. The monoisotopic (exact) mass is 563 g/mol. The largest absolute Gasteiger partial charge is 0.507 e. The van der Waals surface area contributed by atoms with E-state index in [1.54, 1.807) is 58.8 Å². The molecular formula is C29H33N5O7. The Labute approximate surface area is 236 Å². The molecule has 0 saturated heterocycles. The smallest absolute Gasteiger partial charge is 0.235 e. The summed E-state index contributed by atoms with van der Waals surface area (Å²) in [5.74, 6) is -10.6. The first kappa shape index (κ1) is 28.4. The van der Waals surface area contributed by atoms with Gasteiger partial charge in [0.15, 0.2) is 34.7 Å². The number of carbonyl (C=O) groups is 5. The maximum atomic E-state index is 14.1. The highest BCUT2D eigenvalue weighted by Crippen LogP contribution is 2.52. The van der Waals surface area contributed by atoms with Crippen LogP contribution in [0.5, 0.6) is 5.75 Å². The van der Waals surface area contributed by atoms with Gasteiger partial charge in [0.05, 0.1) is 23.2 Å². The summed E-state index contributed by atoms with van der Waals surface area (Å²) in [6.07, 6.45) is 3.44. The summed E-state index contributed by atoms with van der Waals surface area (Å²) in [4.78, 5) is 74.3. The summed E-state index contributed by atoms with van der Waals surface area (Å²) in [6, 6.07) is 4.19. The summed E-state index contributed by atoms with van der Waals surface area (Å²) in [5.41, 5.74) is 4.91. The minimum Gasteiger partial charge on any atom is -0.507 e. The first-order chi connectivity index (χ1) is 19.3. The highest BCUT2D eigenvalue weighted by molar-refractivity contribution is 6.32. The van der Waals surface area contributed by atoms with E-state index in [0.717, 1.165) is 0 Å². The number of nitrogens with two attached hydrogens (primary N) is 1. The number of nitrogens with zero attached hydrogens (tertiary/aromatic N) is 3. The van der Waals surface area contributed by atoms with Crippen LogP contribution in [0.2, 0.25) is 0 Å². The van der Waals surface area contributed by atoms with Crippen LogP contribution in [0.3, 0.4) is 0 Å². The van der Waals surface area contributed by atoms with Crippen molar-refractivity contribution < 1.29 is 34.2 Å². The lowest BCUT2D eigenvalue weighted by Crippen LogP contribution is -2.74. The van der Waals surface area contributed by atoms with Crippen molar-refractivity contribution in [1.29, 1.82) is 0 Å². The van der Waals surface area contributed by atoms with E-state index in [9.17, 15) is 34.2 Å². The first-order valence-corrected chi connectivity index (χ1v) is 13.3. The Bertz CT molecular complexity index is 1470. The standard InChI is InChI=1S/C29H33N5O7/c1-33(2)18-10-14(11-32-15-6-5-7-31-12-15)23(35)20-16(18)8-13-9-17-22(34(3)4)25(37)21(28(30)40)27(39)29(17,41)26(38)19(13)24(20)36/h5-7,10,12-13,17,19,21-22,32,35,41H,8-9,11H2,1-4H3,(H2,30,40)/t13-,17-,19?,21?,22-,29-/m0/s1. The number of hydrogen-bond acceptors (Lipinski definition) is 11. The third kappa shape index (κ3) is 4.20. The summed E-state index contributed by atoms with van der Waals surface area (Å²) in [7, 11) is 6.71. The number of benzene rings is 1. The Balaban J connectivity index is 1.60. The number of nitrogens with one attached hydrogen (secondary N) is 1. The molecule has 1 aromatic heterocycles. The molecule has 1 heterocycles. The van der Waals surface area contributed by atoms with Gasteiger partial charge in [-0.3, -0.25) is 33.9 Å². The quantitative estimate of drug-likeness (QED) is 0.345. The number of anilines is 2. The Hall–Kier alpha value is -4.16. The molecule has 3 aliphatic carbocycles. The molecule has 2 aromatic rings. The Morgan fingerprint density at radius 1 is 1.17 bits per heavy atom. The maximum absolute atomic E-state index is 14.1. The number of rotatable bonds is 6. The van der Waals surface area contributed by atoms with Gasteiger partial charge in [-0.05, 0) is 56.6 Å². The number of aromatic nitrogens is 1. The van der Waals surface area contributed by atoms with Crippen molar-refractivity contribution in [2.45, 2.75) is 31.0 Å². The number of aromatic hydroxyl groups is 1. The molecule has 1 amide bonds. The molecule has 12 nitrogen and oxygen atoms in total. The number of ketones is 4. The van der Waals surface area contributed by atoms with Crippen molar-refractivity contribution >= 4 is 40.4 Å². The van der Waals surface area contributed by atoms with Crippen LogP contribution in [0, 0.1) is 23.7 Å². The summed E-state index contributed by atoms with van der Waals surface area (Å²) in [6.45, 7) is 0.151. The molecule has 216 valence electrons. The summed E-state index contributed by atoms with van der Waals surface area (Å²) in [5, 5.41) is 26.2. The zero-order valence-corrected chi connectivity index (χ0v) is 23.2. The Morgan fingerprint density at radius 2 is 1.88 bits per heavy atom. The van der Waals surface area contributed by atoms with Gasteiger partial charge >= 0.3 is 0 Å². The highest BCUT2D eigenvalue weighted by Gasteiger charge is 2.69. The molecular weight excluding hydrogens is 530 g/mol. The summed E-state index contributed by atoms with van der Waals surface area (Å²) >= 11 is 0. The molecule has 2 saturated carbocycles. The fraction of sp³-hybridized carbons (Fsp3) is 0.448. The molecule has 0 spiro atoms. The molecule has 6 atom stereocenters. The van der Waals surface area contributed by atoms with E-state index in [4.69, 9.17) is 5.73 Å². The van der Waals surface area contributed by atoms with Crippen LogP contribution in [0.1, 0.15) is 27.9 Å². The van der Waals surface area contributed by atoms with Crippen LogP contribution >= 0.6 is 0 Å². The molecule has 5 N–H and O–H groups in total. The van der Waals surface area contributed by atoms with E-state index in [1.807, 2.05) is 4.90 Å². The number of phenols is 1. The van der Waals surface area contributed by atoms with Gasteiger partial charge in [-0.1, -0.05) is 0 Å². The van der Waals surface area contributed by atoms with Crippen LogP contribution in [0.4, 0.5) is 11.4 Å². The van der Waals surface area contributed by atoms with Crippen LogP contribution in [0.15, 0.2) is 30.6 Å². The number of Topliss-reactive ketones (excluding diaryl/α,β-unsaturated/α-hetero) is 4. The number of carbonyl (C=O) groups excluding carboxylic acids is 5. The van der Waals surface area contributed by atoms with Gasteiger partial charge in [-0.25, -0.2) is 0 Å². The minimum atomic E-state index is -2.75. The summed E-state index contributed by atoms with van der Waals surface area (Å²) < 4.78 is 0. The van der Waals surface area contributed by atoms with Crippen molar-refractivity contribution in [3.63, 3.8) is 0 Å². The van der Waals surface area contributed by atoms with E-state index in [0.29, 0.717) is 22.5 Å². The van der Waals surface area contributed by atoms with Gasteiger partial charge < -0.3 is 26.2 Å². The lowest BCUT2D eigenvalue weighted by Gasteiger charge is -2.52. The van der Waals surface area contributed by atoms with Crippen molar-refractivity contribution in [3.8, 4) is 5.75 Å². The van der Waals surface area contributed by atoms with Crippen molar-refractivity contribution in [2.24, 2.45) is 29.4 Å². The number of hydrogen-bond donors (Lipinski definition) is 4. The van der Waals surface area contributed by atoms with Crippen molar-refractivity contribution in [2.75, 3.05) is 38.4 Å². The number of primary amides is 1. The lowest BCUT2D eigenvalue weighted by molar-refractivity contribution is -0.181. The lowest BCUT2D eigenvalue weighted by atomic mass is 9.52. The Morgan fingerprint density at radius 3 is 2.46 bits per heavy atom. The van der Waals surface area contributed by atoms with E-state index >= 15 is 0 Å². The number of fused-ring (bicyclic) bond motifs is 3. The van der Waals surface area contributed by atoms with E-state index in [-0.39, 0.29) is 30.7 Å². The van der Waals surface area contributed by atoms with Crippen LogP contribution in [-0.4, -0.2) is 89.0 Å². The molecule has 1 aromatic carbocycles. The second-order valence-electron chi connectivity index (χ2n) is 11.5. The Kier molecular flexibility index (Phi) is 6.94. The zero-order valence-electron chi connectivity index (χ0n) is 23.2. The number of likely N-dealkylation sites (N-methyl/N-ethyl adjacent to an activating group) is 1. The SMILES string of the molecule is CN(C)c1cc(CNc2cccnc2)c(O)c2c1C[C@H]1C[C@H]3[C@H](N(C)C)C(=O)C(C(N)=O)C(=O)[C@@]3(O)C(=O)C1C2=O. The molecule has 0 radical (unpaired) electrons. The second-order valence-corrected chi connectivity index (χ2v) is 11.5. The van der Waals surface area contributed by atoms with Gasteiger partial charge in [-0.2, -0.15) is 0 Å². The molecule has 12 heteroatoms. The molecule has 2 fully saturated rings. The van der Waals surface area contributed by atoms with E-state index in [1.165, 1.54) is 4.90 Å².